The van der Waals surface area contributed by atoms with Crippen LogP contribution in [0.3, 0.4) is 0 Å². The van der Waals surface area contributed by atoms with Crippen molar-refractivity contribution in [3.8, 4) is 28.5 Å². The number of fused-ring (bicyclic) bond motifs is 1. The molecule has 2 N–H and O–H groups in total. The van der Waals surface area contributed by atoms with E-state index < -0.39 is 17.6 Å². The molecule has 0 unspecified atom stereocenters. The monoisotopic (exact) mass is 475 g/mol. The molecule has 10 heteroatoms. The Hall–Kier alpha value is -4.47. The molecule has 1 fully saturated rings. The van der Waals surface area contributed by atoms with Crippen LogP contribution in [-0.2, 0) is 9.59 Å². The third-order valence-electron chi connectivity index (χ3n) is 6.00. The SMILES string of the molecule is COc1cccc(Oc2ccc(-c3nc([C@@H]4CCCN4C(=O)C(N)=O)n4ccncc34)cc2)c1F. The molecule has 5 rings (SSSR count). The number of nitrogens with zero attached hydrogens (tertiary/aromatic N) is 4. The van der Waals surface area contributed by atoms with Crippen LogP contribution in [-0.4, -0.2) is 44.7 Å². The highest BCUT2D eigenvalue weighted by atomic mass is 19.1. The van der Waals surface area contributed by atoms with Crippen LogP contribution >= 0.6 is 0 Å². The van der Waals surface area contributed by atoms with Gasteiger partial charge in [-0.15, -0.1) is 0 Å². The topological polar surface area (TPSA) is 112 Å². The van der Waals surface area contributed by atoms with Gasteiger partial charge in [-0.3, -0.25) is 19.0 Å². The van der Waals surface area contributed by atoms with Gasteiger partial charge in [0.15, 0.2) is 11.5 Å². The zero-order valence-corrected chi connectivity index (χ0v) is 18.8. The van der Waals surface area contributed by atoms with E-state index >= 15 is 0 Å². The Kier molecular flexibility index (Phi) is 5.77. The molecule has 1 aliphatic rings. The first-order valence-electron chi connectivity index (χ1n) is 11.0. The van der Waals surface area contributed by atoms with Crippen molar-refractivity contribution >= 4 is 17.3 Å². The van der Waals surface area contributed by atoms with E-state index in [0.29, 0.717) is 30.2 Å². The van der Waals surface area contributed by atoms with E-state index in [1.54, 1.807) is 36.8 Å². The summed E-state index contributed by atoms with van der Waals surface area (Å²) in [6, 6.07) is 11.4. The molecule has 0 aliphatic carbocycles. The highest BCUT2D eigenvalue weighted by Gasteiger charge is 2.35. The minimum absolute atomic E-state index is 0.0523. The molecule has 178 valence electrons. The van der Waals surface area contributed by atoms with E-state index in [9.17, 15) is 14.0 Å². The zero-order valence-electron chi connectivity index (χ0n) is 18.8. The number of hydrogen-bond donors (Lipinski definition) is 1. The second-order valence-electron chi connectivity index (χ2n) is 8.07. The van der Waals surface area contributed by atoms with Gasteiger partial charge in [0, 0.05) is 24.5 Å². The van der Waals surface area contributed by atoms with Gasteiger partial charge in [-0.25, -0.2) is 4.98 Å². The molecule has 2 amide bonds. The van der Waals surface area contributed by atoms with Crippen molar-refractivity contribution in [2.45, 2.75) is 18.9 Å². The largest absolute Gasteiger partial charge is 0.494 e. The molecule has 1 saturated heterocycles. The van der Waals surface area contributed by atoms with Gasteiger partial charge < -0.3 is 20.1 Å². The summed E-state index contributed by atoms with van der Waals surface area (Å²) in [6.07, 6.45) is 6.51. The van der Waals surface area contributed by atoms with Crippen LogP contribution in [0.15, 0.2) is 61.1 Å². The number of hydrogen-bond acceptors (Lipinski definition) is 6. The summed E-state index contributed by atoms with van der Waals surface area (Å²) in [5.41, 5.74) is 7.44. The predicted octanol–water partition coefficient (Wildman–Crippen LogP) is 3.49. The van der Waals surface area contributed by atoms with Crippen molar-refractivity contribution < 1.29 is 23.5 Å². The molecular weight excluding hydrogens is 453 g/mol. The highest BCUT2D eigenvalue weighted by Crippen LogP contribution is 2.36. The first-order valence-corrected chi connectivity index (χ1v) is 11.0. The fourth-order valence-corrected chi connectivity index (χ4v) is 4.36. The molecule has 4 aromatic rings. The number of primary amides is 1. The van der Waals surface area contributed by atoms with Crippen molar-refractivity contribution in [2.75, 3.05) is 13.7 Å². The zero-order chi connectivity index (χ0) is 24.5. The lowest BCUT2D eigenvalue weighted by Crippen LogP contribution is -2.40. The standard InChI is InChI=1S/C25H22FN5O4/c1-34-19-5-2-6-20(21(19)26)35-16-9-7-15(8-10-16)22-18-14-28-11-13-30(18)24(29-22)17-4-3-12-31(17)25(33)23(27)32/h2,5-11,13-14,17H,3-4,12H2,1H3,(H2,27,32)/t17-/m0/s1. The molecular formula is C25H22FN5O4. The lowest BCUT2D eigenvalue weighted by Gasteiger charge is -2.22. The van der Waals surface area contributed by atoms with Gasteiger partial charge in [-0.2, -0.15) is 4.39 Å². The number of benzene rings is 2. The maximum Gasteiger partial charge on any atom is 0.312 e. The average molecular weight is 475 g/mol. The quantitative estimate of drug-likeness (QED) is 0.442. The molecule has 0 radical (unpaired) electrons. The summed E-state index contributed by atoms with van der Waals surface area (Å²) in [6.45, 7) is 0.439. The minimum atomic E-state index is -0.984. The maximum atomic E-state index is 14.4. The third-order valence-corrected chi connectivity index (χ3v) is 6.00. The van der Waals surface area contributed by atoms with E-state index in [-0.39, 0.29) is 17.5 Å². The van der Waals surface area contributed by atoms with Crippen LogP contribution in [0.25, 0.3) is 16.8 Å². The second-order valence-corrected chi connectivity index (χ2v) is 8.07. The Morgan fingerprint density at radius 2 is 1.91 bits per heavy atom. The predicted molar refractivity (Wildman–Crippen MR) is 124 cm³/mol. The Morgan fingerprint density at radius 3 is 2.66 bits per heavy atom. The normalized spacial score (nSPS) is 15.4. The fourth-order valence-electron chi connectivity index (χ4n) is 4.36. The molecule has 0 spiro atoms. The Morgan fingerprint density at radius 1 is 1.14 bits per heavy atom. The summed E-state index contributed by atoms with van der Waals surface area (Å²) in [5, 5.41) is 0. The Bertz CT molecular complexity index is 1420. The van der Waals surface area contributed by atoms with Gasteiger partial charge in [0.05, 0.1) is 30.6 Å². The van der Waals surface area contributed by atoms with E-state index in [2.05, 4.69) is 4.98 Å². The number of rotatable bonds is 5. The van der Waals surface area contributed by atoms with E-state index in [4.69, 9.17) is 20.2 Å². The van der Waals surface area contributed by atoms with E-state index in [1.807, 2.05) is 16.5 Å². The Labute approximate surface area is 199 Å². The molecule has 2 aromatic carbocycles. The number of halogens is 1. The van der Waals surface area contributed by atoms with E-state index in [0.717, 1.165) is 17.5 Å². The fraction of sp³-hybridized carbons (Fsp3) is 0.200. The van der Waals surface area contributed by atoms with Crippen LogP contribution in [0.1, 0.15) is 24.7 Å². The van der Waals surface area contributed by atoms with E-state index in [1.165, 1.54) is 24.1 Å². The van der Waals surface area contributed by atoms with Crippen molar-refractivity contribution in [3.05, 3.63) is 72.7 Å². The third kappa shape index (κ3) is 4.03. The second kappa shape index (κ2) is 9.05. The summed E-state index contributed by atoms with van der Waals surface area (Å²) >= 11 is 0. The number of carbonyl (C=O) groups excluding carboxylic acids is 2. The molecule has 3 heterocycles. The van der Waals surface area contributed by atoms with Crippen molar-refractivity contribution in [2.24, 2.45) is 5.73 Å². The first-order chi connectivity index (χ1) is 17.0. The number of aromatic nitrogens is 3. The Balaban J connectivity index is 1.48. The molecule has 0 saturated carbocycles. The number of ether oxygens (including phenoxy) is 2. The molecule has 35 heavy (non-hydrogen) atoms. The smallest absolute Gasteiger partial charge is 0.312 e. The summed E-state index contributed by atoms with van der Waals surface area (Å²) in [4.78, 5) is 34.4. The average Bonchev–Trinajstić information content (AvgIpc) is 3.50. The first kappa shape index (κ1) is 22.3. The maximum absolute atomic E-state index is 14.4. The summed E-state index contributed by atoms with van der Waals surface area (Å²) in [5.74, 6) is -1.06. The van der Waals surface area contributed by atoms with Crippen molar-refractivity contribution in [3.63, 3.8) is 0 Å². The van der Waals surface area contributed by atoms with Crippen LogP contribution in [0.5, 0.6) is 17.2 Å². The van der Waals surface area contributed by atoms with Crippen LogP contribution in [0, 0.1) is 5.82 Å². The molecule has 1 atom stereocenters. The van der Waals surface area contributed by atoms with Crippen molar-refractivity contribution in [1.82, 2.24) is 19.3 Å². The van der Waals surface area contributed by atoms with Gasteiger partial charge in [-0.1, -0.05) is 6.07 Å². The number of methoxy groups -OCH3 is 1. The van der Waals surface area contributed by atoms with Gasteiger partial charge in [0.1, 0.15) is 11.6 Å². The molecule has 0 bridgehead atoms. The van der Waals surface area contributed by atoms with Crippen molar-refractivity contribution in [1.29, 1.82) is 0 Å². The molecule has 2 aromatic heterocycles. The van der Waals surface area contributed by atoms with Gasteiger partial charge in [-0.05, 0) is 49.2 Å². The van der Waals surface area contributed by atoms with Crippen LogP contribution in [0.4, 0.5) is 4.39 Å². The number of likely N-dealkylation sites (tertiary alicyclic amines) is 1. The number of carbonyl (C=O) groups is 2. The summed E-state index contributed by atoms with van der Waals surface area (Å²) in [7, 11) is 1.39. The number of amides is 2. The number of imidazole rings is 1. The minimum Gasteiger partial charge on any atom is -0.494 e. The lowest BCUT2D eigenvalue weighted by atomic mass is 10.1. The highest BCUT2D eigenvalue weighted by molar-refractivity contribution is 6.34. The number of nitrogens with two attached hydrogens (primary N) is 1. The molecule has 9 nitrogen and oxygen atoms in total. The van der Waals surface area contributed by atoms with Crippen LogP contribution in [0.2, 0.25) is 0 Å². The molecule has 1 aliphatic heterocycles. The van der Waals surface area contributed by atoms with Crippen LogP contribution < -0.4 is 15.2 Å². The van der Waals surface area contributed by atoms with Gasteiger partial charge in [0.25, 0.3) is 0 Å². The summed E-state index contributed by atoms with van der Waals surface area (Å²) < 4.78 is 27.0. The van der Waals surface area contributed by atoms with Gasteiger partial charge in [0.2, 0.25) is 5.82 Å². The lowest BCUT2D eigenvalue weighted by molar-refractivity contribution is -0.144. The van der Waals surface area contributed by atoms with Gasteiger partial charge >= 0.3 is 11.8 Å².